The van der Waals surface area contributed by atoms with Crippen molar-refractivity contribution in [1.29, 1.82) is 0 Å². The molecule has 0 radical (unpaired) electrons. The van der Waals surface area contributed by atoms with Crippen LogP contribution in [0.5, 0.6) is 0 Å². The number of rotatable bonds is 8. The van der Waals surface area contributed by atoms with E-state index in [0.29, 0.717) is 23.7 Å². The van der Waals surface area contributed by atoms with E-state index in [1.54, 1.807) is 0 Å². The second kappa shape index (κ2) is 9.43. The molecule has 0 spiro atoms. The normalized spacial score (nSPS) is 38.7. The molecule has 2 aromatic carbocycles. The fourth-order valence-corrected chi connectivity index (χ4v) is 8.92. The zero-order valence-corrected chi connectivity index (χ0v) is 25.6. The van der Waals surface area contributed by atoms with Crippen molar-refractivity contribution < 1.29 is 14.2 Å². The smallest absolute Gasteiger partial charge is 0.0892 e. The fraction of sp³-hybridized carbons (Fsp3) is 0.667. The van der Waals surface area contributed by atoms with Crippen LogP contribution in [0, 0.1) is 37.5 Å². The number of ether oxygens (including phenoxy) is 3. The van der Waals surface area contributed by atoms with E-state index in [4.69, 9.17) is 14.2 Å². The number of hydrogen-bond acceptors (Lipinski definition) is 3. The summed E-state index contributed by atoms with van der Waals surface area (Å²) in [5.41, 5.74) is 4.87. The maximum absolute atomic E-state index is 7.68. The molecule has 0 amide bonds. The van der Waals surface area contributed by atoms with Crippen LogP contribution < -0.4 is 0 Å². The maximum Gasteiger partial charge on any atom is 0.0892 e. The van der Waals surface area contributed by atoms with Crippen molar-refractivity contribution in [2.24, 2.45) is 23.7 Å². The van der Waals surface area contributed by atoms with Crippen molar-refractivity contribution >= 4 is 0 Å². The SMILES string of the molecule is Cc1ccccc1C(OC(c1ccccc1C)C1CC2(C(C)C)CCC1(C)O2)C1CC2(C(C)C)CCC1(C)O2. The summed E-state index contributed by atoms with van der Waals surface area (Å²) in [7, 11) is 0. The van der Waals surface area contributed by atoms with Gasteiger partial charge in [-0.15, -0.1) is 0 Å². The van der Waals surface area contributed by atoms with Gasteiger partial charge in [0, 0.05) is 11.8 Å². The average molecular weight is 531 g/mol. The van der Waals surface area contributed by atoms with Crippen LogP contribution in [0.15, 0.2) is 48.5 Å². The lowest BCUT2D eigenvalue weighted by atomic mass is 9.67. The quantitative estimate of drug-likeness (QED) is 0.341. The molecule has 4 bridgehead atoms. The fourth-order valence-electron chi connectivity index (χ4n) is 8.92. The van der Waals surface area contributed by atoms with Crippen molar-refractivity contribution in [3.63, 3.8) is 0 Å². The van der Waals surface area contributed by atoms with Gasteiger partial charge in [0.2, 0.25) is 0 Å². The lowest BCUT2D eigenvalue weighted by molar-refractivity contribution is -0.134. The van der Waals surface area contributed by atoms with Crippen LogP contribution in [0.1, 0.15) is 115 Å². The Kier molecular flexibility index (Phi) is 6.65. The minimum Gasteiger partial charge on any atom is -0.368 e. The zero-order chi connectivity index (χ0) is 27.8. The monoisotopic (exact) mass is 530 g/mol. The Balaban J connectivity index is 1.45. The predicted octanol–water partition coefficient (Wildman–Crippen LogP) is 9.07. The molecule has 0 saturated carbocycles. The van der Waals surface area contributed by atoms with Crippen LogP contribution in [0.25, 0.3) is 0 Å². The molecule has 0 N–H and O–H groups in total. The van der Waals surface area contributed by atoms with E-state index in [9.17, 15) is 0 Å². The molecule has 4 fully saturated rings. The molecule has 39 heavy (non-hydrogen) atoms. The summed E-state index contributed by atoms with van der Waals surface area (Å²) in [5, 5.41) is 0. The van der Waals surface area contributed by atoms with Gasteiger partial charge in [0.15, 0.2) is 0 Å². The van der Waals surface area contributed by atoms with E-state index in [0.717, 1.165) is 38.5 Å². The molecule has 6 rings (SSSR count). The number of aryl methyl sites for hydroxylation is 2. The van der Waals surface area contributed by atoms with Crippen molar-refractivity contribution in [2.75, 3.05) is 0 Å². The van der Waals surface area contributed by atoms with Gasteiger partial charge in [-0.3, -0.25) is 0 Å². The number of fused-ring (bicyclic) bond motifs is 4. The van der Waals surface area contributed by atoms with Crippen LogP contribution in [0.4, 0.5) is 0 Å². The van der Waals surface area contributed by atoms with E-state index in [1.807, 2.05) is 0 Å². The highest BCUT2D eigenvalue weighted by Crippen LogP contribution is 2.64. The number of benzene rings is 2. The molecule has 4 heterocycles. The summed E-state index contributed by atoms with van der Waals surface area (Å²) < 4.78 is 21.7. The molecule has 3 nitrogen and oxygen atoms in total. The third-order valence-corrected chi connectivity index (χ3v) is 11.8. The van der Waals surface area contributed by atoms with Gasteiger partial charge in [-0.2, -0.15) is 0 Å². The van der Waals surface area contributed by atoms with Gasteiger partial charge in [-0.25, -0.2) is 0 Å². The summed E-state index contributed by atoms with van der Waals surface area (Å²) in [6.07, 6.45) is 6.60. The van der Waals surface area contributed by atoms with Gasteiger partial charge in [0.05, 0.1) is 34.6 Å². The van der Waals surface area contributed by atoms with Gasteiger partial charge in [-0.1, -0.05) is 76.2 Å². The average Bonchev–Trinajstić information content (AvgIpc) is 3.61. The first kappa shape index (κ1) is 27.5. The Bertz CT molecular complexity index is 1130. The molecule has 8 atom stereocenters. The van der Waals surface area contributed by atoms with Crippen molar-refractivity contribution in [3.8, 4) is 0 Å². The zero-order valence-electron chi connectivity index (χ0n) is 25.6. The third-order valence-electron chi connectivity index (χ3n) is 11.8. The first-order valence-electron chi connectivity index (χ1n) is 15.6. The van der Waals surface area contributed by atoms with Crippen LogP contribution in [-0.4, -0.2) is 22.4 Å². The minimum atomic E-state index is -0.165. The molecule has 0 aromatic heterocycles. The first-order valence-corrected chi connectivity index (χ1v) is 15.6. The second-order valence-corrected chi connectivity index (χ2v) is 14.6. The number of hydrogen-bond donors (Lipinski definition) is 0. The molecule has 3 heteroatoms. The Hall–Kier alpha value is -1.68. The Morgan fingerprint density at radius 1 is 0.641 bits per heavy atom. The molecular formula is C36H50O3. The molecule has 2 aromatic rings. The van der Waals surface area contributed by atoms with Crippen molar-refractivity contribution in [3.05, 3.63) is 70.8 Å². The molecule has 0 aliphatic carbocycles. The summed E-state index contributed by atoms with van der Waals surface area (Å²) in [4.78, 5) is 0. The topological polar surface area (TPSA) is 27.7 Å². The lowest BCUT2D eigenvalue weighted by Crippen LogP contribution is -2.41. The van der Waals surface area contributed by atoms with Gasteiger partial charge in [0.1, 0.15) is 0 Å². The Morgan fingerprint density at radius 2 is 1.03 bits per heavy atom. The standard InChI is InChI=1S/C36H50O3/c1-23(2)35-19-17-33(7,38-35)29(21-35)31(27-15-11-9-13-25(27)5)37-32(28-16-12-10-14-26(28)6)30-22-36(24(3)4)20-18-34(30,8)39-36/h9-16,23-24,29-32H,17-22H2,1-8H3. The predicted molar refractivity (Wildman–Crippen MR) is 158 cm³/mol. The van der Waals surface area contributed by atoms with Gasteiger partial charge >= 0.3 is 0 Å². The van der Waals surface area contributed by atoms with Crippen LogP contribution in [0.2, 0.25) is 0 Å². The molecule has 4 aliphatic rings. The summed E-state index contributed by atoms with van der Waals surface area (Å²) in [6, 6.07) is 17.8. The van der Waals surface area contributed by atoms with E-state index >= 15 is 0 Å². The van der Waals surface area contributed by atoms with E-state index < -0.39 is 0 Å². The molecule has 4 saturated heterocycles. The second-order valence-electron chi connectivity index (χ2n) is 14.6. The van der Waals surface area contributed by atoms with E-state index in [-0.39, 0.29) is 34.6 Å². The third kappa shape index (κ3) is 4.25. The Labute approximate surface area is 237 Å². The molecule has 8 unspecified atom stereocenters. The minimum absolute atomic E-state index is 0.0283. The highest BCUT2D eigenvalue weighted by Gasteiger charge is 2.65. The van der Waals surface area contributed by atoms with Gasteiger partial charge in [-0.05, 0) is 100 Å². The highest BCUT2D eigenvalue weighted by atomic mass is 16.6. The van der Waals surface area contributed by atoms with E-state index in [2.05, 4.69) is 104 Å². The van der Waals surface area contributed by atoms with Crippen LogP contribution in [-0.2, 0) is 14.2 Å². The molecule has 4 aliphatic heterocycles. The van der Waals surface area contributed by atoms with Crippen molar-refractivity contribution in [1.82, 2.24) is 0 Å². The first-order chi connectivity index (χ1) is 18.4. The van der Waals surface area contributed by atoms with Gasteiger partial charge < -0.3 is 14.2 Å². The summed E-state index contributed by atoms with van der Waals surface area (Å²) in [6.45, 7) is 18.6. The van der Waals surface area contributed by atoms with E-state index in [1.165, 1.54) is 22.3 Å². The maximum atomic E-state index is 7.68. The Morgan fingerprint density at radius 3 is 1.36 bits per heavy atom. The largest absolute Gasteiger partial charge is 0.368 e. The molecular weight excluding hydrogens is 480 g/mol. The van der Waals surface area contributed by atoms with Crippen molar-refractivity contribution in [2.45, 2.75) is 129 Å². The van der Waals surface area contributed by atoms with Crippen LogP contribution >= 0.6 is 0 Å². The highest BCUT2D eigenvalue weighted by molar-refractivity contribution is 5.33. The van der Waals surface area contributed by atoms with Crippen LogP contribution in [0.3, 0.4) is 0 Å². The summed E-state index contributed by atoms with van der Waals surface area (Å²) in [5.74, 6) is 1.62. The lowest BCUT2D eigenvalue weighted by Gasteiger charge is -2.43. The summed E-state index contributed by atoms with van der Waals surface area (Å²) >= 11 is 0. The van der Waals surface area contributed by atoms with Gasteiger partial charge in [0.25, 0.3) is 0 Å². The molecule has 212 valence electrons.